The number of hydrogen-bond donors (Lipinski definition) is 2. The summed E-state index contributed by atoms with van der Waals surface area (Å²) in [6.45, 7) is 0. The third kappa shape index (κ3) is 1.13. The lowest BCUT2D eigenvalue weighted by Crippen LogP contribution is -2.31. The maximum Gasteiger partial charge on any atom is 0.0736 e. The fraction of sp³-hybridized carbons (Fsp3) is 0.400. The van der Waals surface area contributed by atoms with Crippen molar-refractivity contribution < 1.29 is 5.11 Å². The molecule has 0 saturated heterocycles. The van der Waals surface area contributed by atoms with E-state index in [-0.39, 0.29) is 12.1 Å². The molecule has 1 unspecified atom stereocenters. The van der Waals surface area contributed by atoms with Crippen LogP contribution in [0.2, 0.25) is 0 Å². The predicted octanol–water partition coefficient (Wildman–Crippen LogP) is 0.994. The first-order valence-electron chi connectivity index (χ1n) is 4.30. The fourth-order valence-corrected chi connectivity index (χ4v) is 1.78. The van der Waals surface area contributed by atoms with E-state index in [0.717, 1.165) is 18.4 Å². The van der Waals surface area contributed by atoms with Gasteiger partial charge < -0.3 is 10.8 Å². The van der Waals surface area contributed by atoms with Crippen molar-refractivity contribution in [3.8, 4) is 0 Å². The minimum atomic E-state index is -0.361. The van der Waals surface area contributed by atoms with Gasteiger partial charge in [-0.05, 0) is 24.0 Å². The van der Waals surface area contributed by atoms with Gasteiger partial charge in [-0.3, -0.25) is 0 Å². The molecular weight excluding hydrogens is 150 g/mol. The van der Waals surface area contributed by atoms with Gasteiger partial charge in [-0.15, -0.1) is 0 Å². The molecule has 0 amide bonds. The van der Waals surface area contributed by atoms with Crippen LogP contribution in [0.4, 0.5) is 0 Å². The molecular formula is C10H13NO. The van der Waals surface area contributed by atoms with Gasteiger partial charge in [-0.2, -0.15) is 0 Å². The summed E-state index contributed by atoms with van der Waals surface area (Å²) in [5.74, 6) is 0. The molecule has 2 rings (SSSR count). The van der Waals surface area contributed by atoms with Crippen LogP contribution in [0.5, 0.6) is 0 Å². The summed E-state index contributed by atoms with van der Waals surface area (Å²) in [5, 5.41) is 9.50. The molecule has 0 aromatic heterocycles. The highest BCUT2D eigenvalue weighted by molar-refractivity contribution is 5.32. The predicted molar refractivity (Wildman–Crippen MR) is 47.7 cm³/mol. The molecule has 0 bridgehead atoms. The minimum Gasteiger partial charge on any atom is -0.391 e. The molecule has 0 spiro atoms. The first-order chi connectivity index (χ1) is 5.79. The summed E-state index contributed by atoms with van der Waals surface area (Å²) < 4.78 is 0. The second-order valence-electron chi connectivity index (χ2n) is 3.33. The van der Waals surface area contributed by atoms with Crippen LogP contribution in [-0.4, -0.2) is 11.2 Å². The van der Waals surface area contributed by atoms with Gasteiger partial charge in [0.1, 0.15) is 0 Å². The molecule has 3 N–H and O–H groups in total. The van der Waals surface area contributed by atoms with E-state index in [1.165, 1.54) is 5.56 Å². The minimum absolute atomic E-state index is 0.185. The maximum atomic E-state index is 9.50. The molecule has 0 fully saturated rings. The van der Waals surface area contributed by atoms with E-state index in [4.69, 9.17) is 5.73 Å². The van der Waals surface area contributed by atoms with E-state index >= 15 is 0 Å². The van der Waals surface area contributed by atoms with Crippen molar-refractivity contribution in [2.75, 3.05) is 0 Å². The lowest BCUT2D eigenvalue weighted by Gasteiger charge is -2.26. The third-order valence-electron chi connectivity index (χ3n) is 2.54. The van der Waals surface area contributed by atoms with Gasteiger partial charge in [0.05, 0.1) is 12.1 Å². The smallest absolute Gasteiger partial charge is 0.0736 e. The van der Waals surface area contributed by atoms with Crippen LogP contribution in [-0.2, 0) is 6.42 Å². The Balaban J connectivity index is 2.42. The lowest BCUT2D eigenvalue weighted by atomic mass is 9.86. The van der Waals surface area contributed by atoms with Crippen molar-refractivity contribution in [1.82, 2.24) is 0 Å². The number of aliphatic hydroxyl groups is 1. The second-order valence-corrected chi connectivity index (χ2v) is 3.33. The van der Waals surface area contributed by atoms with Crippen molar-refractivity contribution >= 4 is 0 Å². The zero-order valence-corrected chi connectivity index (χ0v) is 6.90. The van der Waals surface area contributed by atoms with E-state index in [9.17, 15) is 5.11 Å². The average molecular weight is 163 g/mol. The highest BCUT2D eigenvalue weighted by Crippen LogP contribution is 2.27. The Bertz CT molecular complexity index is 285. The number of hydrogen-bond acceptors (Lipinski definition) is 2. The topological polar surface area (TPSA) is 46.2 Å². The van der Waals surface area contributed by atoms with Crippen LogP contribution in [0.15, 0.2) is 24.3 Å². The van der Waals surface area contributed by atoms with Crippen LogP contribution in [0.1, 0.15) is 23.6 Å². The van der Waals surface area contributed by atoms with Gasteiger partial charge in [0.25, 0.3) is 0 Å². The number of aliphatic hydroxyl groups excluding tert-OH is 1. The Kier molecular flexibility index (Phi) is 1.87. The molecule has 0 aliphatic heterocycles. The fourth-order valence-electron chi connectivity index (χ4n) is 1.78. The van der Waals surface area contributed by atoms with Gasteiger partial charge in [-0.25, -0.2) is 0 Å². The number of nitrogens with two attached hydrogens (primary N) is 1. The SMILES string of the molecule is NC1c2ccccc2CC[C@H]1O. The Morgan fingerprint density at radius 3 is 2.92 bits per heavy atom. The van der Waals surface area contributed by atoms with Gasteiger partial charge in [-0.1, -0.05) is 24.3 Å². The van der Waals surface area contributed by atoms with Crippen LogP contribution >= 0.6 is 0 Å². The summed E-state index contributed by atoms with van der Waals surface area (Å²) in [4.78, 5) is 0. The highest BCUT2D eigenvalue weighted by Gasteiger charge is 2.23. The van der Waals surface area contributed by atoms with Gasteiger partial charge >= 0.3 is 0 Å². The summed E-state index contributed by atoms with van der Waals surface area (Å²) in [6, 6.07) is 7.89. The number of fused-ring (bicyclic) bond motifs is 1. The number of aryl methyl sites for hydroxylation is 1. The normalized spacial score (nSPS) is 28.2. The van der Waals surface area contributed by atoms with E-state index in [0.29, 0.717) is 0 Å². The Hall–Kier alpha value is -0.860. The quantitative estimate of drug-likeness (QED) is 0.599. The summed E-state index contributed by atoms with van der Waals surface area (Å²) >= 11 is 0. The molecule has 0 heterocycles. The largest absolute Gasteiger partial charge is 0.391 e. The highest BCUT2D eigenvalue weighted by atomic mass is 16.3. The molecule has 12 heavy (non-hydrogen) atoms. The third-order valence-corrected chi connectivity index (χ3v) is 2.54. The molecule has 0 radical (unpaired) electrons. The van der Waals surface area contributed by atoms with Crippen LogP contribution in [0.3, 0.4) is 0 Å². The maximum absolute atomic E-state index is 9.50. The van der Waals surface area contributed by atoms with Crippen molar-refractivity contribution in [3.05, 3.63) is 35.4 Å². The molecule has 2 heteroatoms. The average Bonchev–Trinajstić information content (AvgIpc) is 2.12. The Labute approximate surface area is 72.0 Å². The standard InChI is InChI=1S/C10H13NO/c11-10-8-4-2-1-3-7(8)5-6-9(10)12/h1-4,9-10,12H,5-6,11H2/t9-,10?/m1/s1. The molecule has 1 aromatic rings. The van der Waals surface area contributed by atoms with E-state index in [2.05, 4.69) is 6.07 Å². The van der Waals surface area contributed by atoms with Crippen molar-refractivity contribution in [2.45, 2.75) is 25.0 Å². The van der Waals surface area contributed by atoms with Crippen molar-refractivity contribution in [3.63, 3.8) is 0 Å². The summed E-state index contributed by atoms with van der Waals surface area (Å²) in [6.07, 6.45) is 1.38. The zero-order chi connectivity index (χ0) is 8.55. The molecule has 2 nitrogen and oxygen atoms in total. The van der Waals surface area contributed by atoms with Gasteiger partial charge in [0.2, 0.25) is 0 Å². The van der Waals surface area contributed by atoms with E-state index in [1.54, 1.807) is 0 Å². The van der Waals surface area contributed by atoms with Crippen molar-refractivity contribution in [1.29, 1.82) is 0 Å². The van der Waals surface area contributed by atoms with Crippen LogP contribution < -0.4 is 5.73 Å². The van der Waals surface area contributed by atoms with Gasteiger partial charge in [0.15, 0.2) is 0 Å². The first-order valence-corrected chi connectivity index (χ1v) is 4.30. The number of benzene rings is 1. The summed E-state index contributed by atoms with van der Waals surface area (Å²) in [5.41, 5.74) is 8.23. The molecule has 0 saturated carbocycles. The molecule has 1 aliphatic carbocycles. The molecule has 64 valence electrons. The molecule has 1 aromatic carbocycles. The summed E-state index contributed by atoms with van der Waals surface area (Å²) in [7, 11) is 0. The van der Waals surface area contributed by atoms with E-state index in [1.807, 2.05) is 18.2 Å². The second kappa shape index (κ2) is 2.88. The first kappa shape index (κ1) is 7.77. The van der Waals surface area contributed by atoms with Crippen molar-refractivity contribution in [2.24, 2.45) is 5.73 Å². The Morgan fingerprint density at radius 1 is 1.33 bits per heavy atom. The van der Waals surface area contributed by atoms with Crippen LogP contribution in [0.25, 0.3) is 0 Å². The Morgan fingerprint density at radius 2 is 2.08 bits per heavy atom. The van der Waals surface area contributed by atoms with Crippen LogP contribution in [0, 0.1) is 0 Å². The zero-order valence-electron chi connectivity index (χ0n) is 6.90. The van der Waals surface area contributed by atoms with Gasteiger partial charge in [0, 0.05) is 0 Å². The molecule has 1 aliphatic rings. The van der Waals surface area contributed by atoms with E-state index < -0.39 is 0 Å². The number of rotatable bonds is 0. The monoisotopic (exact) mass is 163 g/mol. The lowest BCUT2D eigenvalue weighted by molar-refractivity contribution is 0.128. The molecule has 2 atom stereocenters.